The molecule has 1 N–H and O–H groups in total. The quantitative estimate of drug-likeness (QED) is 0.826. The van der Waals surface area contributed by atoms with Gasteiger partial charge in [-0.25, -0.2) is 9.78 Å². The van der Waals surface area contributed by atoms with E-state index in [4.69, 9.17) is 5.11 Å². The molecule has 1 aromatic carbocycles. The van der Waals surface area contributed by atoms with Crippen molar-refractivity contribution in [3.63, 3.8) is 0 Å². The number of benzene rings is 1. The van der Waals surface area contributed by atoms with Gasteiger partial charge in [0.2, 0.25) is 0 Å². The zero-order valence-electron chi connectivity index (χ0n) is 8.33. The van der Waals surface area contributed by atoms with E-state index in [1.165, 1.54) is 11.3 Å². The fourth-order valence-corrected chi connectivity index (χ4v) is 1.88. The van der Waals surface area contributed by atoms with Gasteiger partial charge in [0.1, 0.15) is 5.01 Å². The molecule has 0 atom stereocenters. The van der Waals surface area contributed by atoms with E-state index in [0.717, 1.165) is 0 Å². The third kappa shape index (κ3) is 2.35. The Labute approximate surface area is 96.7 Å². The lowest BCUT2D eigenvalue weighted by atomic mass is 10.1. The van der Waals surface area contributed by atoms with Gasteiger partial charge in [-0.15, -0.1) is 11.3 Å². The Balaban J connectivity index is 2.43. The Morgan fingerprint density at radius 2 is 2.06 bits per heavy atom. The maximum absolute atomic E-state index is 11.1. The minimum atomic E-state index is -0.943. The molecular formula is C12H9NO2S. The summed E-state index contributed by atoms with van der Waals surface area (Å²) < 4.78 is 0. The first kappa shape index (κ1) is 10.6. The summed E-state index contributed by atoms with van der Waals surface area (Å²) in [5, 5.41) is 11.6. The molecule has 3 nitrogen and oxygen atoms in total. The normalized spacial score (nSPS) is 11.4. The van der Waals surface area contributed by atoms with E-state index < -0.39 is 5.97 Å². The molecule has 2 rings (SSSR count). The molecule has 1 aromatic heterocycles. The van der Waals surface area contributed by atoms with Gasteiger partial charge in [0.05, 0.1) is 5.57 Å². The van der Waals surface area contributed by atoms with E-state index in [-0.39, 0.29) is 5.57 Å². The van der Waals surface area contributed by atoms with Crippen LogP contribution in [0.3, 0.4) is 0 Å². The summed E-state index contributed by atoms with van der Waals surface area (Å²) in [6.07, 6.45) is 3.24. The minimum absolute atomic E-state index is 0.260. The molecule has 4 heteroatoms. The van der Waals surface area contributed by atoms with Crippen LogP contribution in [0.25, 0.3) is 11.6 Å². The van der Waals surface area contributed by atoms with Crippen LogP contribution in [0.4, 0.5) is 0 Å². The van der Waals surface area contributed by atoms with Crippen molar-refractivity contribution in [2.24, 2.45) is 0 Å². The van der Waals surface area contributed by atoms with Gasteiger partial charge >= 0.3 is 5.97 Å². The average Bonchev–Trinajstić information content (AvgIpc) is 2.79. The Bertz CT molecular complexity index is 503. The van der Waals surface area contributed by atoms with Gasteiger partial charge in [-0.05, 0) is 11.6 Å². The molecule has 0 radical (unpaired) electrons. The lowest BCUT2D eigenvalue weighted by Crippen LogP contribution is -1.99. The first-order chi connectivity index (χ1) is 7.77. The molecule has 0 fully saturated rings. The SMILES string of the molecule is O=C(O)/C(=C/c1nccs1)c1ccccc1. The highest BCUT2D eigenvalue weighted by Crippen LogP contribution is 2.19. The second-order valence-corrected chi connectivity index (χ2v) is 4.03. The minimum Gasteiger partial charge on any atom is -0.478 e. The first-order valence-electron chi connectivity index (χ1n) is 4.67. The van der Waals surface area contributed by atoms with Crippen LogP contribution in [-0.4, -0.2) is 16.1 Å². The third-order valence-electron chi connectivity index (χ3n) is 2.03. The number of aromatic nitrogens is 1. The van der Waals surface area contributed by atoms with Crippen molar-refractivity contribution >= 4 is 29.0 Å². The zero-order chi connectivity index (χ0) is 11.4. The van der Waals surface area contributed by atoms with Gasteiger partial charge < -0.3 is 5.11 Å². The van der Waals surface area contributed by atoms with E-state index in [2.05, 4.69) is 4.98 Å². The first-order valence-corrected chi connectivity index (χ1v) is 5.55. The second-order valence-electron chi connectivity index (χ2n) is 3.10. The van der Waals surface area contributed by atoms with Crippen molar-refractivity contribution in [2.45, 2.75) is 0 Å². The number of nitrogens with zero attached hydrogens (tertiary/aromatic N) is 1. The van der Waals surface area contributed by atoms with Gasteiger partial charge in [0.25, 0.3) is 0 Å². The molecule has 0 bridgehead atoms. The number of hydrogen-bond acceptors (Lipinski definition) is 3. The maximum atomic E-state index is 11.1. The van der Waals surface area contributed by atoms with Gasteiger partial charge in [0.15, 0.2) is 0 Å². The molecule has 16 heavy (non-hydrogen) atoms. The number of carboxylic acids is 1. The molecule has 0 aliphatic rings. The van der Waals surface area contributed by atoms with E-state index in [1.54, 1.807) is 24.4 Å². The third-order valence-corrected chi connectivity index (χ3v) is 2.76. The molecule has 0 aliphatic carbocycles. The van der Waals surface area contributed by atoms with E-state index in [9.17, 15) is 4.79 Å². The monoisotopic (exact) mass is 231 g/mol. The van der Waals surface area contributed by atoms with Gasteiger partial charge in [-0.3, -0.25) is 0 Å². The van der Waals surface area contributed by atoms with Crippen LogP contribution in [-0.2, 0) is 4.79 Å². The highest BCUT2D eigenvalue weighted by molar-refractivity contribution is 7.10. The number of carboxylic acid groups (broad SMARTS) is 1. The van der Waals surface area contributed by atoms with Crippen molar-refractivity contribution < 1.29 is 9.90 Å². The lowest BCUT2D eigenvalue weighted by Gasteiger charge is -2.00. The summed E-state index contributed by atoms with van der Waals surface area (Å²) in [5.74, 6) is -0.943. The Hall–Kier alpha value is -1.94. The van der Waals surface area contributed by atoms with Crippen LogP contribution < -0.4 is 0 Å². The standard InChI is InChI=1S/C12H9NO2S/c14-12(15)10(8-11-13-6-7-16-11)9-4-2-1-3-5-9/h1-8H,(H,14,15)/b10-8+. The van der Waals surface area contributed by atoms with Crippen LogP contribution in [0.15, 0.2) is 41.9 Å². The molecular weight excluding hydrogens is 222 g/mol. The van der Waals surface area contributed by atoms with Crippen LogP contribution in [0, 0.1) is 0 Å². The van der Waals surface area contributed by atoms with Crippen LogP contribution >= 0.6 is 11.3 Å². The van der Waals surface area contributed by atoms with Crippen LogP contribution in [0.5, 0.6) is 0 Å². The van der Waals surface area contributed by atoms with Crippen LogP contribution in [0.1, 0.15) is 10.6 Å². The summed E-state index contributed by atoms with van der Waals surface area (Å²) >= 11 is 1.41. The maximum Gasteiger partial charge on any atom is 0.336 e. The topological polar surface area (TPSA) is 50.2 Å². The second kappa shape index (κ2) is 4.72. The number of rotatable bonds is 3. The number of hydrogen-bond donors (Lipinski definition) is 1. The van der Waals surface area contributed by atoms with Crippen molar-refractivity contribution in [3.05, 3.63) is 52.5 Å². The van der Waals surface area contributed by atoms with Gasteiger partial charge in [-0.2, -0.15) is 0 Å². The molecule has 0 unspecified atom stereocenters. The van der Waals surface area contributed by atoms with Crippen molar-refractivity contribution in [3.8, 4) is 0 Å². The summed E-state index contributed by atoms with van der Waals surface area (Å²) in [7, 11) is 0. The Morgan fingerprint density at radius 1 is 1.31 bits per heavy atom. The molecule has 0 saturated carbocycles. The predicted molar refractivity (Wildman–Crippen MR) is 64.1 cm³/mol. The van der Waals surface area contributed by atoms with E-state index in [0.29, 0.717) is 10.6 Å². The molecule has 0 saturated heterocycles. The van der Waals surface area contributed by atoms with E-state index in [1.807, 2.05) is 23.6 Å². The Morgan fingerprint density at radius 3 is 2.62 bits per heavy atom. The summed E-state index contributed by atoms with van der Waals surface area (Å²) in [6, 6.07) is 9.02. The molecule has 0 aliphatic heterocycles. The van der Waals surface area contributed by atoms with Gasteiger partial charge in [-0.1, -0.05) is 30.3 Å². The molecule has 80 valence electrons. The van der Waals surface area contributed by atoms with Crippen molar-refractivity contribution in [1.29, 1.82) is 0 Å². The summed E-state index contributed by atoms with van der Waals surface area (Å²) in [4.78, 5) is 15.2. The highest BCUT2D eigenvalue weighted by atomic mass is 32.1. The number of aliphatic carboxylic acids is 1. The summed E-state index contributed by atoms with van der Waals surface area (Å²) in [5.41, 5.74) is 0.945. The largest absolute Gasteiger partial charge is 0.478 e. The van der Waals surface area contributed by atoms with Crippen molar-refractivity contribution in [2.75, 3.05) is 0 Å². The van der Waals surface area contributed by atoms with Gasteiger partial charge in [0, 0.05) is 11.6 Å². The lowest BCUT2D eigenvalue weighted by molar-refractivity contribution is -0.130. The predicted octanol–water partition coefficient (Wildman–Crippen LogP) is 2.77. The fraction of sp³-hybridized carbons (Fsp3) is 0. The highest BCUT2D eigenvalue weighted by Gasteiger charge is 2.10. The average molecular weight is 231 g/mol. The number of carbonyl (C=O) groups is 1. The van der Waals surface area contributed by atoms with Crippen molar-refractivity contribution in [1.82, 2.24) is 4.98 Å². The number of thiazole rings is 1. The molecule has 2 aromatic rings. The molecule has 0 spiro atoms. The van der Waals surface area contributed by atoms with Crippen LogP contribution in [0.2, 0.25) is 0 Å². The van der Waals surface area contributed by atoms with E-state index >= 15 is 0 Å². The molecule has 1 heterocycles. The molecule has 0 amide bonds. The smallest absolute Gasteiger partial charge is 0.336 e. The zero-order valence-corrected chi connectivity index (χ0v) is 9.15. The fourth-order valence-electron chi connectivity index (χ4n) is 1.32. The Kier molecular flexibility index (Phi) is 3.12. The summed E-state index contributed by atoms with van der Waals surface area (Å²) in [6.45, 7) is 0.